The third kappa shape index (κ3) is 5.82. The quantitative estimate of drug-likeness (QED) is 0.400. The van der Waals surface area contributed by atoms with Crippen LogP contribution in [0.2, 0.25) is 0 Å². The number of rotatable bonds is 12. The lowest BCUT2D eigenvalue weighted by Gasteiger charge is -2.34. The Bertz CT molecular complexity index is 859. The smallest absolute Gasteiger partial charge is 0.0716 e. The van der Waals surface area contributed by atoms with E-state index in [-0.39, 0.29) is 12.1 Å². The maximum absolute atomic E-state index is 9.64. The molecule has 4 rings (SSSR count). The van der Waals surface area contributed by atoms with Crippen molar-refractivity contribution in [2.45, 2.75) is 44.5 Å². The van der Waals surface area contributed by atoms with E-state index in [1.165, 1.54) is 16.7 Å². The van der Waals surface area contributed by atoms with Gasteiger partial charge in [-0.05, 0) is 41.9 Å². The van der Waals surface area contributed by atoms with E-state index in [4.69, 9.17) is 4.74 Å². The third-order valence-corrected chi connectivity index (χ3v) is 6.53. The zero-order valence-electron chi connectivity index (χ0n) is 18.2. The predicted octanol–water partition coefficient (Wildman–Crippen LogP) is 5.44. The highest BCUT2D eigenvalue weighted by Crippen LogP contribution is 2.54. The normalized spacial score (nSPS) is 20.1. The molecule has 3 aromatic rings. The molecule has 0 radical (unpaired) electrons. The molecule has 3 aromatic carbocycles. The van der Waals surface area contributed by atoms with Crippen molar-refractivity contribution >= 4 is 0 Å². The average Bonchev–Trinajstić information content (AvgIpc) is 3.52. The summed E-state index contributed by atoms with van der Waals surface area (Å²) in [6, 6.07) is 31.8. The average molecular weight is 416 g/mol. The van der Waals surface area contributed by atoms with Crippen LogP contribution in [-0.4, -0.2) is 28.8 Å². The standard InChI is InChI=1S/C28H33NO2/c30-18-16-27-20-28(27,17-19-31-23-26-14-8-3-9-15-26)29(21-24-10-4-1-5-11-24)22-25-12-6-2-7-13-25/h1-15,27,30H,16-23H2. The van der Waals surface area contributed by atoms with Gasteiger partial charge in [0.1, 0.15) is 0 Å². The Kier molecular flexibility index (Phi) is 7.52. The summed E-state index contributed by atoms with van der Waals surface area (Å²) < 4.78 is 6.08. The summed E-state index contributed by atoms with van der Waals surface area (Å²) in [5, 5.41) is 9.64. The SMILES string of the molecule is OCCC1CC1(CCOCc1ccccc1)N(Cc1ccccc1)Cc1ccccc1. The van der Waals surface area contributed by atoms with Gasteiger partial charge in [-0.15, -0.1) is 0 Å². The molecule has 0 saturated heterocycles. The van der Waals surface area contributed by atoms with E-state index in [2.05, 4.69) is 89.8 Å². The lowest BCUT2D eigenvalue weighted by molar-refractivity contribution is 0.0636. The highest BCUT2D eigenvalue weighted by atomic mass is 16.5. The van der Waals surface area contributed by atoms with E-state index in [0.29, 0.717) is 12.5 Å². The molecule has 31 heavy (non-hydrogen) atoms. The minimum absolute atomic E-state index is 0.0884. The molecule has 2 unspecified atom stereocenters. The molecule has 1 fully saturated rings. The Morgan fingerprint density at radius 2 is 1.29 bits per heavy atom. The van der Waals surface area contributed by atoms with Crippen LogP contribution >= 0.6 is 0 Å². The van der Waals surface area contributed by atoms with E-state index in [0.717, 1.165) is 39.0 Å². The Hall–Kier alpha value is -2.46. The van der Waals surface area contributed by atoms with E-state index in [1.807, 2.05) is 6.07 Å². The monoisotopic (exact) mass is 415 g/mol. The van der Waals surface area contributed by atoms with Crippen LogP contribution in [0, 0.1) is 5.92 Å². The van der Waals surface area contributed by atoms with Crippen molar-refractivity contribution in [3.63, 3.8) is 0 Å². The largest absolute Gasteiger partial charge is 0.396 e. The van der Waals surface area contributed by atoms with Gasteiger partial charge in [-0.1, -0.05) is 91.0 Å². The fourth-order valence-electron chi connectivity index (χ4n) is 4.74. The van der Waals surface area contributed by atoms with Crippen molar-refractivity contribution in [1.82, 2.24) is 4.90 Å². The third-order valence-electron chi connectivity index (χ3n) is 6.53. The second-order valence-corrected chi connectivity index (χ2v) is 8.63. The summed E-state index contributed by atoms with van der Waals surface area (Å²) in [5.74, 6) is 0.519. The highest BCUT2D eigenvalue weighted by molar-refractivity contribution is 5.21. The van der Waals surface area contributed by atoms with Crippen molar-refractivity contribution in [2.75, 3.05) is 13.2 Å². The van der Waals surface area contributed by atoms with Crippen LogP contribution in [0.4, 0.5) is 0 Å². The first-order valence-corrected chi connectivity index (χ1v) is 11.4. The number of aliphatic hydroxyl groups is 1. The van der Waals surface area contributed by atoms with Crippen LogP contribution in [0.3, 0.4) is 0 Å². The highest BCUT2D eigenvalue weighted by Gasteiger charge is 2.56. The van der Waals surface area contributed by atoms with E-state index in [9.17, 15) is 5.11 Å². The van der Waals surface area contributed by atoms with Gasteiger partial charge in [-0.3, -0.25) is 4.90 Å². The second-order valence-electron chi connectivity index (χ2n) is 8.63. The van der Waals surface area contributed by atoms with Crippen LogP contribution < -0.4 is 0 Å². The number of hydrogen-bond acceptors (Lipinski definition) is 3. The lowest BCUT2D eigenvalue weighted by atomic mass is 10.0. The molecule has 1 aliphatic rings. The molecule has 0 amide bonds. The molecule has 2 atom stereocenters. The van der Waals surface area contributed by atoms with Crippen LogP contribution in [0.15, 0.2) is 91.0 Å². The lowest BCUT2D eigenvalue weighted by Crippen LogP contribution is -2.39. The summed E-state index contributed by atoms with van der Waals surface area (Å²) in [7, 11) is 0. The molecular formula is C28H33NO2. The minimum atomic E-state index is 0.0884. The van der Waals surface area contributed by atoms with E-state index < -0.39 is 0 Å². The molecule has 0 aromatic heterocycles. The van der Waals surface area contributed by atoms with Crippen molar-refractivity contribution < 1.29 is 9.84 Å². The van der Waals surface area contributed by atoms with Crippen molar-refractivity contribution in [3.05, 3.63) is 108 Å². The number of nitrogens with zero attached hydrogens (tertiary/aromatic N) is 1. The molecule has 0 heterocycles. The summed E-state index contributed by atoms with van der Waals surface area (Å²) in [5.41, 5.74) is 3.96. The Labute approximate surface area is 186 Å². The first-order valence-electron chi connectivity index (χ1n) is 11.4. The van der Waals surface area contributed by atoms with Gasteiger partial charge < -0.3 is 9.84 Å². The van der Waals surface area contributed by atoms with Gasteiger partial charge in [-0.2, -0.15) is 0 Å². The van der Waals surface area contributed by atoms with Crippen LogP contribution in [0.5, 0.6) is 0 Å². The van der Waals surface area contributed by atoms with Crippen molar-refractivity contribution in [1.29, 1.82) is 0 Å². The molecule has 1 saturated carbocycles. The van der Waals surface area contributed by atoms with Crippen LogP contribution in [0.1, 0.15) is 36.0 Å². The van der Waals surface area contributed by atoms with Gasteiger partial charge in [0, 0.05) is 31.8 Å². The topological polar surface area (TPSA) is 32.7 Å². The Morgan fingerprint density at radius 3 is 1.81 bits per heavy atom. The number of aliphatic hydroxyl groups excluding tert-OH is 1. The second kappa shape index (κ2) is 10.7. The minimum Gasteiger partial charge on any atom is -0.396 e. The Morgan fingerprint density at radius 1 is 0.774 bits per heavy atom. The zero-order chi connectivity index (χ0) is 21.4. The molecule has 3 heteroatoms. The maximum Gasteiger partial charge on any atom is 0.0716 e. The summed E-state index contributed by atoms with van der Waals surface area (Å²) in [6.45, 7) is 3.46. The molecule has 0 bridgehead atoms. The number of ether oxygens (including phenoxy) is 1. The molecule has 0 aliphatic heterocycles. The molecule has 1 N–H and O–H groups in total. The van der Waals surface area contributed by atoms with Crippen molar-refractivity contribution in [3.8, 4) is 0 Å². The van der Waals surface area contributed by atoms with Crippen molar-refractivity contribution in [2.24, 2.45) is 5.92 Å². The number of hydrogen-bond donors (Lipinski definition) is 1. The summed E-state index contributed by atoms with van der Waals surface area (Å²) in [6.07, 6.45) is 2.98. The van der Waals surface area contributed by atoms with E-state index >= 15 is 0 Å². The first-order chi connectivity index (χ1) is 15.3. The van der Waals surface area contributed by atoms with Gasteiger partial charge in [0.05, 0.1) is 6.61 Å². The summed E-state index contributed by atoms with van der Waals surface area (Å²) >= 11 is 0. The van der Waals surface area contributed by atoms with Crippen LogP contribution in [-0.2, 0) is 24.4 Å². The van der Waals surface area contributed by atoms with Gasteiger partial charge >= 0.3 is 0 Å². The molecule has 0 spiro atoms. The van der Waals surface area contributed by atoms with Crippen LogP contribution in [0.25, 0.3) is 0 Å². The van der Waals surface area contributed by atoms with E-state index in [1.54, 1.807) is 0 Å². The van der Waals surface area contributed by atoms with Gasteiger partial charge in [-0.25, -0.2) is 0 Å². The maximum atomic E-state index is 9.64. The van der Waals surface area contributed by atoms with Gasteiger partial charge in [0.25, 0.3) is 0 Å². The van der Waals surface area contributed by atoms with Gasteiger partial charge in [0.15, 0.2) is 0 Å². The fraction of sp³-hybridized carbons (Fsp3) is 0.357. The first kappa shape index (κ1) is 21.8. The Balaban J connectivity index is 1.48. The molecule has 1 aliphatic carbocycles. The molecule has 3 nitrogen and oxygen atoms in total. The summed E-state index contributed by atoms with van der Waals surface area (Å²) in [4.78, 5) is 2.63. The fourth-order valence-corrected chi connectivity index (χ4v) is 4.74. The zero-order valence-corrected chi connectivity index (χ0v) is 18.2. The predicted molar refractivity (Wildman–Crippen MR) is 125 cm³/mol. The van der Waals surface area contributed by atoms with Gasteiger partial charge in [0.2, 0.25) is 0 Å². The molecular weight excluding hydrogens is 382 g/mol. The number of benzene rings is 3. The molecule has 162 valence electrons.